The predicted octanol–water partition coefficient (Wildman–Crippen LogP) is 3.62. The van der Waals surface area contributed by atoms with Crippen LogP contribution in [0.1, 0.15) is 11.1 Å². The molecule has 1 N–H and O–H groups in total. The molecule has 0 spiro atoms. The fourth-order valence-electron chi connectivity index (χ4n) is 2.02. The van der Waals surface area contributed by atoms with E-state index in [4.69, 9.17) is 0 Å². The van der Waals surface area contributed by atoms with Gasteiger partial charge in [-0.05, 0) is 49.2 Å². The van der Waals surface area contributed by atoms with Crippen molar-refractivity contribution in [3.63, 3.8) is 0 Å². The van der Waals surface area contributed by atoms with E-state index in [2.05, 4.69) is 14.7 Å². The molecule has 0 saturated heterocycles. The zero-order valence-corrected chi connectivity index (χ0v) is 14.3. The molecule has 0 unspecified atom stereocenters. The van der Waals surface area contributed by atoms with Crippen LogP contribution in [-0.4, -0.2) is 18.4 Å². The molecule has 0 aliphatic heterocycles. The van der Waals surface area contributed by atoms with Crippen molar-refractivity contribution in [2.75, 3.05) is 4.72 Å². The van der Waals surface area contributed by atoms with Crippen LogP contribution < -0.4 is 4.72 Å². The standard InChI is InChI=1S/C16H15N3O2S2/c1-11-5-6-14(8-12(11)2)23(20,21)19-16-18-15(10-22-16)13-4-3-7-17-9-13/h3-10H,1-2H3,(H,18,19). The minimum absolute atomic E-state index is 0.235. The predicted molar refractivity (Wildman–Crippen MR) is 92.1 cm³/mol. The minimum Gasteiger partial charge on any atom is -0.264 e. The van der Waals surface area contributed by atoms with E-state index in [0.717, 1.165) is 16.7 Å². The number of rotatable bonds is 4. The van der Waals surface area contributed by atoms with E-state index in [1.807, 2.05) is 26.0 Å². The van der Waals surface area contributed by atoms with Gasteiger partial charge in [-0.3, -0.25) is 9.71 Å². The third-order valence-electron chi connectivity index (χ3n) is 3.47. The minimum atomic E-state index is -3.64. The van der Waals surface area contributed by atoms with Crippen LogP contribution in [0.15, 0.2) is 53.0 Å². The second kappa shape index (κ2) is 6.10. The molecule has 3 rings (SSSR count). The lowest BCUT2D eigenvalue weighted by Crippen LogP contribution is -2.13. The molecule has 0 radical (unpaired) electrons. The summed E-state index contributed by atoms with van der Waals surface area (Å²) in [6.07, 6.45) is 3.37. The average molecular weight is 345 g/mol. The number of pyridine rings is 1. The smallest absolute Gasteiger partial charge is 0.263 e. The number of anilines is 1. The van der Waals surface area contributed by atoms with Gasteiger partial charge in [0.1, 0.15) is 0 Å². The summed E-state index contributed by atoms with van der Waals surface area (Å²) in [5, 5.41) is 2.14. The van der Waals surface area contributed by atoms with Gasteiger partial charge in [-0.1, -0.05) is 6.07 Å². The van der Waals surface area contributed by atoms with Gasteiger partial charge in [0.05, 0.1) is 10.6 Å². The topological polar surface area (TPSA) is 72.0 Å². The van der Waals surface area contributed by atoms with E-state index >= 15 is 0 Å². The first-order valence-corrected chi connectivity index (χ1v) is 9.28. The van der Waals surface area contributed by atoms with Crippen molar-refractivity contribution in [1.29, 1.82) is 0 Å². The van der Waals surface area contributed by atoms with Gasteiger partial charge < -0.3 is 0 Å². The number of hydrogen-bond acceptors (Lipinski definition) is 5. The van der Waals surface area contributed by atoms with E-state index in [1.54, 1.807) is 36.0 Å². The molecule has 0 amide bonds. The maximum atomic E-state index is 12.5. The fourth-order valence-corrected chi connectivity index (χ4v) is 4.08. The van der Waals surface area contributed by atoms with Crippen molar-refractivity contribution in [3.8, 4) is 11.3 Å². The molecular formula is C16H15N3O2S2. The number of hydrogen-bond donors (Lipinski definition) is 1. The second-order valence-electron chi connectivity index (χ2n) is 5.13. The Kier molecular flexibility index (Phi) is 4.14. The lowest BCUT2D eigenvalue weighted by molar-refractivity contribution is 0.601. The van der Waals surface area contributed by atoms with E-state index in [1.165, 1.54) is 11.3 Å². The van der Waals surface area contributed by atoms with Crippen molar-refractivity contribution in [1.82, 2.24) is 9.97 Å². The summed E-state index contributed by atoms with van der Waals surface area (Å²) in [4.78, 5) is 8.59. The van der Waals surface area contributed by atoms with Gasteiger partial charge in [-0.2, -0.15) is 0 Å². The van der Waals surface area contributed by atoms with Gasteiger partial charge in [0, 0.05) is 23.3 Å². The molecule has 2 heterocycles. The van der Waals surface area contributed by atoms with Crippen molar-refractivity contribution in [2.24, 2.45) is 0 Å². The Hall–Kier alpha value is -2.25. The van der Waals surface area contributed by atoms with E-state index < -0.39 is 10.0 Å². The molecule has 0 saturated carbocycles. The second-order valence-corrected chi connectivity index (χ2v) is 7.67. The van der Waals surface area contributed by atoms with E-state index in [9.17, 15) is 8.42 Å². The molecule has 23 heavy (non-hydrogen) atoms. The SMILES string of the molecule is Cc1ccc(S(=O)(=O)Nc2nc(-c3cccnc3)cs2)cc1C. The van der Waals surface area contributed by atoms with Gasteiger partial charge in [0.25, 0.3) is 10.0 Å². The highest BCUT2D eigenvalue weighted by atomic mass is 32.2. The highest BCUT2D eigenvalue weighted by molar-refractivity contribution is 7.93. The highest BCUT2D eigenvalue weighted by Gasteiger charge is 2.17. The first-order valence-electron chi connectivity index (χ1n) is 6.92. The number of benzene rings is 1. The summed E-state index contributed by atoms with van der Waals surface area (Å²) in [5.74, 6) is 0. The first-order chi connectivity index (χ1) is 11.0. The largest absolute Gasteiger partial charge is 0.264 e. The molecule has 118 valence electrons. The van der Waals surface area contributed by atoms with Crippen LogP contribution in [-0.2, 0) is 10.0 Å². The summed E-state index contributed by atoms with van der Waals surface area (Å²) < 4.78 is 27.4. The van der Waals surface area contributed by atoms with Crippen LogP contribution in [0.25, 0.3) is 11.3 Å². The normalized spacial score (nSPS) is 11.4. The van der Waals surface area contributed by atoms with Crippen molar-refractivity contribution < 1.29 is 8.42 Å². The summed E-state index contributed by atoms with van der Waals surface area (Å²) >= 11 is 1.24. The Morgan fingerprint density at radius 3 is 2.65 bits per heavy atom. The summed E-state index contributed by atoms with van der Waals surface area (Å²) in [6.45, 7) is 3.83. The van der Waals surface area contributed by atoms with Crippen LogP contribution in [0.4, 0.5) is 5.13 Å². The van der Waals surface area contributed by atoms with Crippen LogP contribution in [0.5, 0.6) is 0 Å². The Morgan fingerprint density at radius 2 is 1.96 bits per heavy atom. The molecule has 0 atom stereocenters. The molecule has 3 aromatic rings. The summed E-state index contributed by atoms with van der Waals surface area (Å²) in [7, 11) is -3.64. The Labute approximate surface area is 139 Å². The Morgan fingerprint density at radius 1 is 1.13 bits per heavy atom. The molecule has 5 nitrogen and oxygen atoms in total. The Bertz CT molecular complexity index is 935. The number of nitrogens with one attached hydrogen (secondary N) is 1. The number of sulfonamides is 1. The van der Waals surface area contributed by atoms with Gasteiger partial charge >= 0.3 is 0 Å². The molecular weight excluding hydrogens is 330 g/mol. The van der Waals surface area contributed by atoms with E-state index in [-0.39, 0.29) is 4.90 Å². The lowest BCUT2D eigenvalue weighted by Gasteiger charge is -2.07. The lowest BCUT2D eigenvalue weighted by atomic mass is 10.1. The zero-order chi connectivity index (χ0) is 16.4. The molecule has 7 heteroatoms. The summed E-state index contributed by atoms with van der Waals surface area (Å²) in [6, 6.07) is 8.75. The first kappa shape index (κ1) is 15.6. The zero-order valence-electron chi connectivity index (χ0n) is 12.6. The van der Waals surface area contributed by atoms with Gasteiger partial charge in [0.2, 0.25) is 0 Å². The maximum absolute atomic E-state index is 12.5. The number of nitrogens with zero attached hydrogens (tertiary/aromatic N) is 2. The maximum Gasteiger partial charge on any atom is 0.263 e. The quantitative estimate of drug-likeness (QED) is 0.784. The molecule has 0 bridgehead atoms. The molecule has 2 aromatic heterocycles. The molecule has 0 aliphatic carbocycles. The van der Waals surface area contributed by atoms with Crippen molar-refractivity contribution in [3.05, 3.63) is 59.2 Å². The van der Waals surface area contributed by atoms with E-state index in [0.29, 0.717) is 10.8 Å². The molecule has 1 aromatic carbocycles. The Balaban J connectivity index is 1.86. The highest BCUT2D eigenvalue weighted by Crippen LogP contribution is 2.26. The molecule has 0 aliphatic rings. The van der Waals surface area contributed by atoms with Crippen molar-refractivity contribution >= 4 is 26.5 Å². The third-order valence-corrected chi connectivity index (χ3v) is 5.70. The van der Waals surface area contributed by atoms with Crippen LogP contribution in [0.3, 0.4) is 0 Å². The van der Waals surface area contributed by atoms with Gasteiger partial charge in [-0.25, -0.2) is 13.4 Å². The monoisotopic (exact) mass is 345 g/mol. The molecule has 0 fully saturated rings. The van der Waals surface area contributed by atoms with Gasteiger partial charge in [0.15, 0.2) is 5.13 Å². The number of thiazole rings is 1. The van der Waals surface area contributed by atoms with Crippen molar-refractivity contribution in [2.45, 2.75) is 18.7 Å². The van der Waals surface area contributed by atoms with Crippen LogP contribution in [0, 0.1) is 13.8 Å². The van der Waals surface area contributed by atoms with Crippen LogP contribution >= 0.6 is 11.3 Å². The van der Waals surface area contributed by atoms with Crippen LogP contribution in [0.2, 0.25) is 0 Å². The summed E-state index contributed by atoms with van der Waals surface area (Å²) in [5.41, 5.74) is 3.53. The average Bonchev–Trinajstić information content (AvgIpc) is 2.98. The number of aryl methyl sites for hydroxylation is 2. The third kappa shape index (κ3) is 3.40. The fraction of sp³-hybridized carbons (Fsp3) is 0.125. The van der Waals surface area contributed by atoms with Gasteiger partial charge in [-0.15, -0.1) is 11.3 Å². The number of aromatic nitrogens is 2.